The SMILES string of the molecule is COc1cc2c(cc1OC)-c1ccccc1COC[C@@H](c1ccccc1)N(C)C2. The Morgan fingerprint density at radius 1 is 0.828 bits per heavy atom. The number of ether oxygens (including phenoxy) is 3. The van der Waals surface area contributed by atoms with Gasteiger partial charge in [-0.1, -0.05) is 54.6 Å². The Morgan fingerprint density at radius 2 is 1.52 bits per heavy atom. The van der Waals surface area contributed by atoms with Crippen LogP contribution in [-0.4, -0.2) is 32.8 Å². The van der Waals surface area contributed by atoms with Gasteiger partial charge in [0.05, 0.1) is 33.5 Å². The summed E-state index contributed by atoms with van der Waals surface area (Å²) in [5, 5.41) is 0. The second-order valence-electron chi connectivity index (χ2n) is 7.38. The van der Waals surface area contributed by atoms with Gasteiger partial charge in [-0.3, -0.25) is 4.90 Å². The summed E-state index contributed by atoms with van der Waals surface area (Å²) in [7, 11) is 5.51. The molecule has 4 nitrogen and oxygen atoms in total. The molecule has 4 heteroatoms. The zero-order valence-corrected chi connectivity index (χ0v) is 17.2. The van der Waals surface area contributed by atoms with Crippen LogP contribution in [0.25, 0.3) is 11.1 Å². The first-order valence-corrected chi connectivity index (χ1v) is 9.87. The van der Waals surface area contributed by atoms with Gasteiger partial charge in [0.2, 0.25) is 0 Å². The highest BCUT2D eigenvalue weighted by Gasteiger charge is 2.23. The van der Waals surface area contributed by atoms with E-state index >= 15 is 0 Å². The first kappa shape index (κ1) is 19.5. The zero-order valence-electron chi connectivity index (χ0n) is 17.2. The third kappa shape index (κ3) is 4.00. The van der Waals surface area contributed by atoms with Crippen molar-refractivity contribution in [3.8, 4) is 22.6 Å². The molecule has 1 aliphatic rings. The molecule has 0 bridgehead atoms. The summed E-state index contributed by atoms with van der Waals surface area (Å²) < 4.78 is 17.4. The Bertz CT molecular complexity index is 971. The van der Waals surface area contributed by atoms with Crippen LogP contribution < -0.4 is 9.47 Å². The molecule has 3 aromatic rings. The van der Waals surface area contributed by atoms with E-state index < -0.39 is 0 Å². The monoisotopic (exact) mass is 389 g/mol. The number of methoxy groups -OCH3 is 2. The standard InChI is InChI=1S/C25H27NO3/c1-26-15-20-13-24(27-2)25(28-3)14-22(20)21-12-8-7-11-19(21)16-29-17-23(26)18-9-5-4-6-10-18/h4-14,23H,15-17H2,1-3H3/t23-/m0/s1. The Balaban J connectivity index is 1.84. The summed E-state index contributed by atoms with van der Waals surface area (Å²) in [4.78, 5) is 2.34. The number of likely N-dealkylation sites (N-methyl/N-ethyl adjacent to an activating group) is 1. The molecule has 1 heterocycles. The maximum absolute atomic E-state index is 6.19. The molecule has 0 spiro atoms. The third-order valence-electron chi connectivity index (χ3n) is 5.59. The Kier molecular flexibility index (Phi) is 5.84. The average Bonchev–Trinajstić information content (AvgIpc) is 2.77. The maximum atomic E-state index is 6.19. The summed E-state index contributed by atoms with van der Waals surface area (Å²) in [5.74, 6) is 1.49. The zero-order chi connectivity index (χ0) is 20.2. The van der Waals surface area contributed by atoms with Crippen molar-refractivity contribution in [1.82, 2.24) is 4.90 Å². The average molecular weight is 389 g/mol. The lowest BCUT2D eigenvalue weighted by Gasteiger charge is -2.31. The summed E-state index contributed by atoms with van der Waals surface area (Å²) >= 11 is 0. The molecule has 0 radical (unpaired) electrons. The van der Waals surface area contributed by atoms with Crippen molar-refractivity contribution in [2.24, 2.45) is 0 Å². The minimum absolute atomic E-state index is 0.169. The van der Waals surface area contributed by atoms with Gasteiger partial charge in [0, 0.05) is 6.54 Å². The van der Waals surface area contributed by atoms with Gasteiger partial charge in [-0.15, -0.1) is 0 Å². The molecule has 0 saturated heterocycles. The largest absolute Gasteiger partial charge is 0.493 e. The van der Waals surface area contributed by atoms with E-state index in [9.17, 15) is 0 Å². The second-order valence-corrected chi connectivity index (χ2v) is 7.38. The van der Waals surface area contributed by atoms with E-state index in [1.165, 1.54) is 22.3 Å². The molecule has 3 aromatic carbocycles. The second kappa shape index (κ2) is 8.68. The maximum Gasteiger partial charge on any atom is 0.161 e. The Labute approximate surface area is 172 Å². The van der Waals surface area contributed by atoms with Crippen LogP contribution in [0.2, 0.25) is 0 Å². The van der Waals surface area contributed by atoms with Crippen LogP contribution in [0.1, 0.15) is 22.7 Å². The summed E-state index contributed by atoms with van der Waals surface area (Å²) in [5.41, 5.74) is 5.97. The van der Waals surface area contributed by atoms with Gasteiger partial charge in [-0.05, 0) is 47.0 Å². The lowest BCUT2D eigenvalue weighted by molar-refractivity contribution is 0.0565. The minimum Gasteiger partial charge on any atom is -0.493 e. The quantitative estimate of drug-likeness (QED) is 0.625. The molecule has 150 valence electrons. The lowest BCUT2D eigenvalue weighted by atomic mass is 9.93. The Hall–Kier alpha value is -2.82. The summed E-state index contributed by atoms with van der Waals surface area (Å²) in [6.07, 6.45) is 0. The van der Waals surface area contributed by atoms with Crippen molar-refractivity contribution in [3.63, 3.8) is 0 Å². The predicted octanol–water partition coefficient (Wildman–Crippen LogP) is 5.07. The molecule has 0 saturated carbocycles. The van der Waals surface area contributed by atoms with Gasteiger partial charge in [-0.2, -0.15) is 0 Å². The van der Waals surface area contributed by atoms with Crippen molar-refractivity contribution >= 4 is 0 Å². The Morgan fingerprint density at radius 3 is 2.28 bits per heavy atom. The highest BCUT2D eigenvalue weighted by molar-refractivity contribution is 5.74. The third-order valence-corrected chi connectivity index (χ3v) is 5.59. The molecule has 0 N–H and O–H groups in total. The van der Waals surface area contributed by atoms with E-state index in [0.717, 1.165) is 23.6 Å². The first-order valence-electron chi connectivity index (χ1n) is 9.87. The molecule has 29 heavy (non-hydrogen) atoms. The van der Waals surface area contributed by atoms with Crippen LogP contribution >= 0.6 is 0 Å². The highest BCUT2D eigenvalue weighted by atomic mass is 16.5. The summed E-state index contributed by atoms with van der Waals surface area (Å²) in [6, 6.07) is 23.3. The summed E-state index contributed by atoms with van der Waals surface area (Å²) in [6.45, 7) is 1.98. The van der Waals surface area contributed by atoms with E-state index in [1.807, 2.05) is 6.07 Å². The van der Waals surface area contributed by atoms with Crippen molar-refractivity contribution in [1.29, 1.82) is 0 Å². The van der Waals surface area contributed by atoms with Crippen LogP contribution in [0.4, 0.5) is 0 Å². The number of hydrogen-bond acceptors (Lipinski definition) is 4. The van der Waals surface area contributed by atoms with Crippen LogP contribution in [0, 0.1) is 0 Å². The van der Waals surface area contributed by atoms with Crippen molar-refractivity contribution < 1.29 is 14.2 Å². The van der Waals surface area contributed by atoms with Gasteiger partial charge in [0.25, 0.3) is 0 Å². The number of hydrogen-bond donors (Lipinski definition) is 0. The van der Waals surface area contributed by atoms with Gasteiger partial charge in [-0.25, -0.2) is 0 Å². The number of rotatable bonds is 3. The van der Waals surface area contributed by atoms with Crippen molar-refractivity contribution in [2.75, 3.05) is 27.9 Å². The van der Waals surface area contributed by atoms with Crippen LogP contribution in [0.15, 0.2) is 66.7 Å². The van der Waals surface area contributed by atoms with Gasteiger partial charge < -0.3 is 14.2 Å². The van der Waals surface area contributed by atoms with Crippen molar-refractivity contribution in [2.45, 2.75) is 19.2 Å². The number of fused-ring (bicyclic) bond motifs is 3. The normalized spacial score (nSPS) is 17.1. The predicted molar refractivity (Wildman–Crippen MR) is 115 cm³/mol. The van der Waals surface area contributed by atoms with E-state index in [-0.39, 0.29) is 6.04 Å². The molecule has 0 amide bonds. The first-order chi connectivity index (χ1) is 14.2. The fourth-order valence-electron chi connectivity index (χ4n) is 4.02. The van der Waals surface area contributed by atoms with E-state index in [0.29, 0.717) is 13.2 Å². The smallest absolute Gasteiger partial charge is 0.161 e. The molecule has 0 aromatic heterocycles. The van der Waals surface area contributed by atoms with E-state index in [4.69, 9.17) is 14.2 Å². The molecule has 0 fully saturated rings. The fourth-order valence-corrected chi connectivity index (χ4v) is 4.02. The molecule has 0 aliphatic carbocycles. The lowest BCUT2D eigenvalue weighted by Crippen LogP contribution is -2.28. The molecular weight excluding hydrogens is 362 g/mol. The molecule has 1 atom stereocenters. The minimum atomic E-state index is 0.169. The van der Waals surface area contributed by atoms with E-state index in [2.05, 4.69) is 72.6 Å². The van der Waals surface area contributed by atoms with E-state index in [1.54, 1.807) is 14.2 Å². The van der Waals surface area contributed by atoms with Crippen LogP contribution in [-0.2, 0) is 17.9 Å². The molecule has 1 aliphatic heterocycles. The molecular formula is C25H27NO3. The van der Waals surface area contributed by atoms with Gasteiger partial charge >= 0.3 is 0 Å². The van der Waals surface area contributed by atoms with Crippen molar-refractivity contribution in [3.05, 3.63) is 83.4 Å². The number of nitrogens with zero attached hydrogens (tertiary/aromatic N) is 1. The van der Waals surface area contributed by atoms with Crippen LogP contribution in [0.5, 0.6) is 11.5 Å². The topological polar surface area (TPSA) is 30.9 Å². The highest BCUT2D eigenvalue weighted by Crippen LogP contribution is 2.39. The fraction of sp³-hybridized carbons (Fsp3) is 0.280. The molecule has 4 rings (SSSR count). The molecule has 0 unspecified atom stereocenters. The van der Waals surface area contributed by atoms with Gasteiger partial charge in [0.15, 0.2) is 11.5 Å². The van der Waals surface area contributed by atoms with Gasteiger partial charge in [0.1, 0.15) is 0 Å². The number of benzene rings is 3. The van der Waals surface area contributed by atoms with Crippen LogP contribution in [0.3, 0.4) is 0 Å².